The van der Waals surface area contributed by atoms with Gasteiger partial charge >= 0.3 is 5.97 Å². The van der Waals surface area contributed by atoms with Crippen molar-refractivity contribution in [3.8, 4) is 5.75 Å². The van der Waals surface area contributed by atoms with Crippen LogP contribution in [0.25, 0.3) is 10.8 Å². The molecule has 0 saturated heterocycles. The summed E-state index contributed by atoms with van der Waals surface area (Å²) in [5.74, 6) is -0.0713. The number of carbonyl (C=O) groups is 2. The lowest BCUT2D eigenvalue weighted by Crippen LogP contribution is -2.10. The average Bonchev–Trinajstić information content (AvgIpc) is 2.86. The minimum absolute atomic E-state index is 0.0150. The Labute approximate surface area is 193 Å². The van der Waals surface area contributed by atoms with Gasteiger partial charge in [-0.3, -0.25) is 4.79 Å². The molecule has 0 aliphatic heterocycles. The highest BCUT2D eigenvalue weighted by Crippen LogP contribution is 2.36. The zero-order chi connectivity index (χ0) is 23.2. The highest BCUT2D eigenvalue weighted by molar-refractivity contribution is 5.91. The summed E-state index contributed by atoms with van der Waals surface area (Å²) < 4.78 is 5.22. The largest absolute Gasteiger partial charge is 0.423 e. The maximum atomic E-state index is 11.7. The van der Waals surface area contributed by atoms with Crippen molar-refractivity contribution in [2.45, 2.75) is 6.42 Å². The summed E-state index contributed by atoms with van der Waals surface area (Å²) in [5, 5.41) is 2.29. The topological polar surface area (TPSA) is 46.6 Å². The predicted octanol–water partition coefficient (Wildman–Crippen LogP) is 6.70. The van der Waals surface area contributed by atoms with Crippen molar-refractivity contribution >= 4 is 39.6 Å². The zero-order valence-corrected chi connectivity index (χ0v) is 18.1. The fourth-order valence-electron chi connectivity index (χ4n) is 3.62. The summed E-state index contributed by atoms with van der Waals surface area (Å²) in [6.45, 7) is 6.97. The summed E-state index contributed by atoms with van der Waals surface area (Å²) in [7, 11) is 0. The van der Waals surface area contributed by atoms with Gasteiger partial charge in [-0.2, -0.15) is 0 Å². The second kappa shape index (κ2) is 9.79. The highest BCUT2D eigenvalue weighted by atomic mass is 16.5. The van der Waals surface area contributed by atoms with Gasteiger partial charge in [-0.25, -0.2) is 4.79 Å². The monoisotopic (exact) mass is 433 g/mol. The first-order valence-electron chi connectivity index (χ1n) is 10.5. The minimum atomic E-state index is -0.501. The van der Waals surface area contributed by atoms with Gasteiger partial charge in [-0.05, 0) is 70.9 Å². The Bertz CT molecular complexity index is 1260. The quantitative estimate of drug-likeness (QED) is 0.176. The zero-order valence-electron chi connectivity index (χ0n) is 18.1. The summed E-state index contributed by atoms with van der Waals surface area (Å²) >= 11 is 0. The predicted molar refractivity (Wildman–Crippen MR) is 133 cm³/mol. The number of nitrogens with zero attached hydrogens (tertiary/aromatic N) is 1. The normalized spacial score (nSPS) is 10.4. The van der Waals surface area contributed by atoms with Crippen LogP contribution in [0.4, 0.5) is 17.1 Å². The van der Waals surface area contributed by atoms with Crippen molar-refractivity contribution in [3.05, 3.63) is 122 Å². The number of hydrogen-bond acceptors (Lipinski definition) is 4. The van der Waals surface area contributed by atoms with E-state index in [1.165, 1.54) is 6.08 Å². The first-order chi connectivity index (χ1) is 16.1. The van der Waals surface area contributed by atoms with Gasteiger partial charge in [0.2, 0.25) is 0 Å². The van der Waals surface area contributed by atoms with E-state index in [0.717, 1.165) is 39.5 Å². The maximum absolute atomic E-state index is 11.7. The van der Waals surface area contributed by atoms with E-state index in [9.17, 15) is 9.59 Å². The van der Waals surface area contributed by atoms with E-state index >= 15 is 0 Å². The summed E-state index contributed by atoms with van der Waals surface area (Å²) in [6, 6.07) is 29.7. The Hall–Kier alpha value is -4.44. The molecule has 0 atom stereocenters. The van der Waals surface area contributed by atoms with Crippen LogP contribution in [-0.4, -0.2) is 11.8 Å². The minimum Gasteiger partial charge on any atom is -0.423 e. The number of allylic oxidation sites excluding steroid dienone is 1. The molecule has 4 nitrogen and oxygen atoms in total. The van der Waals surface area contributed by atoms with E-state index in [0.29, 0.717) is 12.2 Å². The van der Waals surface area contributed by atoms with E-state index < -0.39 is 5.97 Å². The number of benzene rings is 4. The Kier molecular flexibility index (Phi) is 6.46. The molecule has 4 aromatic rings. The summed E-state index contributed by atoms with van der Waals surface area (Å²) in [4.78, 5) is 25.4. The number of fused-ring (bicyclic) bond motifs is 1. The fourth-order valence-corrected chi connectivity index (χ4v) is 3.62. The van der Waals surface area contributed by atoms with Gasteiger partial charge in [0.1, 0.15) is 5.75 Å². The Morgan fingerprint density at radius 2 is 1.33 bits per heavy atom. The van der Waals surface area contributed by atoms with Crippen molar-refractivity contribution in [3.63, 3.8) is 0 Å². The highest BCUT2D eigenvalue weighted by Gasteiger charge is 2.14. The van der Waals surface area contributed by atoms with Crippen LogP contribution in [-0.2, 0) is 16.0 Å². The number of hydrogen-bond donors (Lipinski definition) is 0. The smallest absolute Gasteiger partial charge is 0.335 e. The summed E-state index contributed by atoms with van der Waals surface area (Å²) in [6.07, 6.45) is 2.80. The van der Waals surface area contributed by atoms with Crippen LogP contribution in [0.15, 0.2) is 116 Å². The van der Waals surface area contributed by atoms with Crippen LogP contribution in [0, 0.1) is 0 Å². The molecular formula is C29H23NO3. The van der Waals surface area contributed by atoms with Gasteiger partial charge in [-0.1, -0.05) is 55.6 Å². The van der Waals surface area contributed by atoms with Crippen molar-refractivity contribution in [1.82, 2.24) is 0 Å². The van der Waals surface area contributed by atoms with Crippen molar-refractivity contribution in [2.75, 3.05) is 4.90 Å². The van der Waals surface area contributed by atoms with Crippen molar-refractivity contribution < 1.29 is 14.3 Å². The van der Waals surface area contributed by atoms with Crippen LogP contribution >= 0.6 is 0 Å². The number of esters is 1. The number of ketones is 1. The van der Waals surface area contributed by atoms with Gasteiger partial charge < -0.3 is 9.64 Å². The third kappa shape index (κ3) is 5.08. The second-order valence-electron chi connectivity index (χ2n) is 7.50. The van der Waals surface area contributed by atoms with Crippen LogP contribution in [0.3, 0.4) is 0 Å². The molecule has 0 aromatic heterocycles. The standard InChI is InChI=1S/C29H23NO3/c1-3-27(31)19-21-9-12-24(13-10-21)30(25-15-17-28(18-16-25)33-29(32)4-2)26-14-11-22-7-5-6-8-23(22)20-26/h3-18,20H,1-2,19H2. The molecule has 33 heavy (non-hydrogen) atoms. The molecule has 0 amide bonds. The lowest BCUT2D eigenvalue weighted by atomic mass is 10.1. The molecule has 4 heteroatoms. The van der Waals surface area contributed by atoms with E-state index in [4.69, 9.17) is 4.74 Å². The van der Waals surface area contributed by atoms with Crippen LogP contribution in [0.2, 0.25) is 0 Å². The SMILES string of the molecule is C=CC(=O)Cc1ccc(N(c2ccc(OC(=O)C=C)cc2)c2ccc3ccccc3c2)cc1. The molecule has 4 rings (SSSR count). The molecule has 0 aliphatic carbocycles. The number of rotatable bonds is 8. The number of anilines is 3. The van der Waals surface area contributed by atoms with E-state index in [-0.39, 0.29) is 5.78 Å². The average molecular weight is 434 g/mol. The van der Waals surface area contributed by atoms with Crippen LogP contribution in [0.1, 0.15) is 5.56 Å². The maximum Gasteiger partial charge on any atom is 0.335 e. The van der Waals surface area contributed by atoms with Gasteiger partial charge in [0.25, 0.3) is 0 Å². The molecule has 0 radical (unpaired) electrons. The molecule has 0 N–H and O–H groups in total. The molecular weight excluding hydrogens is 410 g/mol. The molecule has 162 valence electrons. The molecule has 0 saturated carbocycles. The third-order valence-corrected chi connectivity index (χ3v) is 5.27. The second-order valence-corrected chi connectivity index (χ2v) is 7.50. The first-order valence-corrected chi connectivity index (χ1v) is 10.5. The fraction of sp³-hybridized carbons (Fsp3) is 0.0345. The van der Waals surface area contributed by atoms with E-state index in [1.807, 2.05) is 48.5 Å². The Morgan fingerprint density at radius 1 is 0.727 bits per heavy atom. The molecule has 0 spiro atoms. The molecule has 0 aliphatic rings. The van der Waals surface area contributed by atoms with E-state index in [2.05, 4.69) is 48.4 Å². The molecule has 0 bridgehead atoms. The van der Waals surface area contributed by atoms with Gasteiger partial charge in [0, 0.05) is 29.6 Å². The molecule has 0 unspecified atom stereocenters. The van der Waals surface area contributed by atoms with E-state index in [1.54, 1.807) is 12.1 Å². The number of ether oxygens (including phenoxy) is 1. The third-order valence-electron chi connectivity index (χ3n) is 5.27. The van der Waals surface area contributed by atoms with Gasteiger partial charge in [0.15, 0.2) is 5.78 Å². The van der Waals surface area contributed by atoms with Gasteiger partial charge in [-0.15, -0.1) is 0 Å². The number of carbonyl (C=O) groups excluding carboxylic acids is 2. The Balaban J connectivity index is 1.74. The van der Waals surface area contributed by atoms with Crippen LogP contribution < -0.4 is 9.64 Å². The molecule has 0 heterocycles. The van der Waals surface area contributed by atoms with Crippen molar-refractivity contribution in [2.24, 2.45) is 0 Å². The van der Waals surface area contributed by atoms with Gasteiger partial charge in [0.05, 0.1) is 0 Å². The lowest BCUT2D eigenvalue weighted by molar-refractivity contribution is -0.129. The van der Waals surface area contributed by atoms with Crippen LogP contribution in [0.5, 0.6) is 5.75 Å². The summed E-state index contributed by atoms with van der Waals surface area (Å²) in [5.41, 5.74) is 3.75. The lowest BCUT2D eigenvalue weighted by Gasteiger charge is -2.26. The van der Waals surface area contributed by atoms with Crippen molar-refractivity contribution in [1.29, 1.82) is 0 Å². The molecule has 0 fully saturated rings. The first kappa shape index (κ1) is 21.8. The molecule has 4 aromatic carbocycles. The Morgan fingerprint density at radius 3 is 1.97 bits per heavy atom.